The second-order valence-corrected chi connectivity index (χ2v) is 7.53. The number of amides is 1. The molecule has 0 spiro atoms. The molecule has 0 aliphatic rings. The number of nitrogens with zero attached hydrogens (tertiary/aromatic N) is 4. The van der Waals surface area contributed by atoms with E-state index in [-0.39, 0.29) is 11.7 Å². The zero-order chi connectivity index (χ0) is 23.7. The molecule has 2 aromatic carbocycles. The van der Waals surface area contributed by atoms with Gasteiger partial charge in [0.15, 0.2) is 17.1 Å². The van der Waals surface area contributed by atoms with Gasteiger partial charge in [0, 0.05) is 29.5 Å². The largest absolute Gasteiger partial charge is 0.493 e. The van der Waals surface area contributed by atoms with Crippen molar-refractivity contribution < 1.29 is 18.7 Å². The lowest BCUT2D eigenvalue weighted by molar-refractivity contribution is 0.0998. The van der Waals surface area contributed by atoms with Gasteiger partial charge >= 0.3 is 0 Å². The highest BCUT2D eigenvalue weighted by Gasteiger charge is 2.15. The molecule has 3 aromatic heterocycles. The maximum absolute atomic E-state index is 12.7. The molecule has 9 nitrogen and oxygen atoms in total. The normalized spacial score (nSPS) is 10.9. The van der Waals surface area contributed by atoms with Crippen molar-refractivity contribution in [2.45, 2.75) is 13.8 Å². The molecule has 0 saturated carbocycles. The van der Waals surface area contributed by atoms with Crippen molar-refractivity contribution in [3.63, 3.8) is 0 Å². The van der Waals surface area contributed by atoms with Crippen molar-refractivity contribution in [3.8, 4) is 23.2 Å². The van der Waals surface area contributed by atoms with E-state index in [0.29, 0.717) is 40.3 Å². The topological polar surface area (TPSA) is 104 Å². The number of rotatable bonds is 6. The summed E-state index contributed by atoms with van der Waals surface area (Å²) in [5.41, 5.74) is 1.13. The van der Waals surface area contributed by atoms with Crippen LogP contribution in [0.15, 0.2) is 71.4 Å². The van der Waals surface area contributed by atoms with Crippen LogP contribution >= 0.6 is 0 Å². The van der Waals surface area contributed by atoms with E-state index >= 15 is 0 Å². The van der Waals surface area contributed by atoms with Gasteiger partial charge in [-0.25, -0.2) is 9.97 Å². The lowest BCUT2D eigenvalue weighted by Crippen LogP contribution is -2.10. The molecule has 0 saturated heterocycles. The van der Waals surface area contributed by atoms with E-state index in [1.54, 1.807) is 62.7 Å². The summed E-state index contributed by atoms with van der Waals surface area (Å²) in [6.07, 6.45) is 3.54. The van der Waals surface area contributed by atoms with Gasteiger partial charge in [-0.3, -0.25) is 9.36 Å². The number of hydrogen-bond acceptors (Lipinski definition) is 7. The van der Waals surface area contributed by atoms with Gasteiger partial charge < -0.3 is 19.2 Å². The summed E-state index contributed by atoms with van der Waals surface area (Å²) in [7, 11) is 1.56. The number of fused-ring (bicyclic) bond motifs is 1. The van der Waals surface area contributed by atoms with E-state index in [2.05, 4.69) is 20.3 Å². The van der Waals surface area contributed by atoms with Crippen LogP contribution in [0.3, 0.4) is 0 Å². The molecule has 0 atom stereocenters. The summed E-state index contributed by atoms with van der Waals surface area (Å²) in [5.74, 6) is 3.44. The second-order valence-electron chi connectivity index (χ2n) is 7.53. The van der Waals surface area contributed by atoms with Gasteiger partial charge in [-0.1, -0.05) is 12.1 Å². The average molecular weight is 455 g/mol. The second kappa shape index (κ2) is 8.70. The fourth-order valence-electron chi connectivity index (χ4n) is 3.55. The maximum Gasteiger partial charge on any atom is 0.291 e. The van der Waals surface area contributed by atoms with Gasteiger partial charge in [0.25, 0.3) is 5.91 Å². The van der Waals surface area contributed by atoms with Crippen molar-refractivity contribution in [3.05, 3.63) is 84.4 Å². The first-order valence-electron chi connectivity index (χ1n) is 10.5. The number of imidazole rings is 1. The summed E-state index contributed by atoms with van der Waals surface area (Å²) < 4.78 is 18.8. The molecule has 1 amide bonds. The molecule has 0 unspecified atom stereocenters. The van der Waals surface area contributed by atoms with Crippen LogP contribution in [0.5, 0.6) is 17.4 Å². The number of aromatic nitrogens is 4. The third-order valence-corrected chi connectivity index (χ3v) is 5.16. The Labute approximate surface area is 195 Å². The Morgan fingerprint density at radius 1 is 1.06 bits per heavy atom. The number of ether oxygens (including phenoxy) is 2. The van der Waals surface area contributed by atoms with Gasteiger partial charge in [-0.2, -0.15) is 4.98 Å². The minimum Gasteiger partial charge on any atom is -0.493 e. The predicted molar refractivity (Wildman–Crippen MR) is 126 cm³/mol. The Bertz CT molecular complexity index is 1490. The molecule has 9 heteroatoms. The first-order chi connectivity index (χ1) is 16.5. The smallest absolute Gasteiger partial charge is 0.291 e. The number of carbonyl (C=O) groups excluding carboxylic acids is 1. The van der Waals surface area contributed by atoms with Gasteiger partial charge in [-0.05, 0) is 50.2 Å². The van der Waals surface area contributed by atoms with Gasteiger partial charge in [0.2, 0.25) is 5.88 Å². The molecule has 5 aromatic rings. The summed E-state index contributed by atoms with van der Waals surface area (Å²) >= 11 is 0. The Morgan fingerprint density at radius 3 is 2.62 bits per heavy atom. The highest BCUT2D eigenvalue weighted by Crippen LogP contribution is 2.29. The first kappa shape index (κ1) is 21.2. The van der Waals surface area contributed by atoms with Crippen LogP contribution in [0.2, 0.25) is 0 Å². The molecule has 5 rings (SSSR count). The van der Waals surface area contributed by atoms with Crippen molar-refractivity contribution in [2.75, 3.05) is 12.4 Å². The van der Waals surface area contributed by atoms with Crippen LogP contribution in [-0.2, 0) is 0 Å². The molecule has 0 aliphatic carbocycles. The van der Waals surface area contributed by atoms with Crippen LogP contribution in [0.1, 0.15) is 22.2 Å². The number of methoxy groups -OCH3 is 1. The van der Waals surface area contributed by atoms with Crippen molar-refractivity contribution in [1.29, 1.82) is 0 Å². The molecule has 1 N–H and O–H groups in total. The van der Waals surface area contributed by atoms with Crippen LogP contribution in [-0.4, -0.2) is 32.5 Å². The number of aryl methyl sites for hydroxylation is 2. The minimum atomic E-state index is -0.362. The number of carbonyl (C=O) groups is 1. The third kappa shape index (κ3) is 4.18. The van der Waals surface area contributed by atoms with Gasteiger partial charge in [-0.15, -0.1) is 0 Å². The molecule has 170 valence electrons. The molecule has 0 aliphatic heterocycles. The van der Waals surface area contributed by atoms with E-state index in [4.69, 9.17) is 13.9 Å². The maximum atomic E-state index is 12.7. The number of furan rings is 1. The quantitative estimate of drug-likeness (QED) is 0.381. The Balaban J connectivity index is 1.30. The standard InChI is InChI=1S/C25H21N5O4/c1-15-27-22(30-12-11-26-16(30)2)14-23(28-15)33-19-9-7-18(8-10-19)29-25(31)21-13-17-5-4-6-20(32-3)24(17)34-21/h4-14H,1-3H3,(H,29,31). The summed E-state index contributed by atoms with van der Waals surface area (Å²) in [6.45, 7) is 3.70. The van der Waals surface area contributed by atoms with Crippen LogP contribution < -0.4 is 14.8 Å². The van der Waals surface area contributed by atoms with Crippen LogP contribution in [0, 0.1) is 13.8 Å². The SMILES string of the molecule is COc1cccc2cc(C(=O)Nc3ccc(Oc4cc(-n5ccnc5C)nc(C)n4)cc3)oc12. The molecular weight excluding hydrogens is 434 g/mol. The number of hydrogen-bond donors (Lipinski definition) is 1. The van der Waals surface area contributed by atoms with Crippen molar-refractivity contribution in [1.82, 2.24) is 19.5 Å². The average Bonchev–Trinajstić information content (AvgIpc) is 3.46. The molecular formula is C25H21N5O4. The van der Waals surface area contributed by atoms with E-state index in [1.807, 2.05) is 29.8 Å². The van der Waals surface area contributed by atoms with Crippen LogP contribution in [0.25, 0.3) is 16.8 Å². The lowest BCUT2D eigenvalue weighted by Gasteiger charge is -2.10. The predicted octanol–water partition coefficient (Wildman–Crippen LogP) is 5.08. The molecule has 3 heterocycles. The highest BCUT2D eigenvalue weighted by atomic mass is 16.5. The lowest BCUT2D eigenvalue weighted by atomic mass is 10.2. The Kier molecular flexibility index (Phi) is 5.43. The van der Waals surface area contributed by atoms with Crippen LogP contribution in [0.4, 0.5) is 5.69 Å². The molecule has 0 radical (unpaired) electrons. The number of benzene rings is 2. The highest BCUT2D eigenvalue weighted by molar-refractivity contribution is 6.05. The number of anilines is 1. The van der Waals surface area contributed by atoms with E-state index in [0.717, 1.165) is 11.2 Å². The molecule has 34 heavy (non-hydrogen) atoms. The van der Waals surface area contributed by atoms with Gasteiger partial charge in [0.05, 0.1) is 7.11 Å². The fourth-order valence-corrected chi connectivity index (χ4v) is 3.55. The van der Waals surface area contributed by atoms with E-state index < -0.39 is 0 Å². The van der Waals surface area contributed by atoms with E-state index in [1.165, 1.54) is 0 Å². The zero-order valence-electron chi connectivity index (χ0n) is 18.8. The Morgan fingerprint density at radius 2 is 1.88 bits per heavy atom. The minimum absolute atomic E-state index is 0.193. The van der Waals surface area contributed by atoms with Crippen molar-refractivity contribution in [2.24, 2.45) is 0 Å². The summed E-state index contributed by atoms with van der Waals surface area (Å²) in [4.78, 5) is 25.7. The monoisotopic (exact) mass is 455 g/mol. The van der Waals surface area contributed by atoms with Crippen molar-refractivity contribution >= 4 is 22.6 Å². The van der Waals surface area contributed by atoms with Gasteiger partial charge in [0.1, 0.15) is 23.2 Å². The third-order valence-electron chi connectivity index (χ3n) is 5.16. The van der Waals surface area contributed by atoms with E-state index in [9.17, 15) is 4.79 Å². The molecule has 0 fully saturated rings. The summed E-state index contributed by atoms with van der Waals surface area (Å²) in [5, 5.41) is 3.62. The number of para-hydroxylation sites is 1. The molecule has 0 bridgehead atoms. The summed E-state index contributed by atoms with van der Waals surface area (Å²) in [6, 6.07) is 15.9. The Hall–Kier alpha value is -4.66. The first-order valence-corrected chi connectivity index (χ1v) is 10.5. The zero-order valence-corrected chi connectivity index (χ0v) is 18.8. The number of nitrogens with one attached hydrogen (secondary N) is 1. The fraction of sp³-hybridized carbons (Fsp3) is 0.120.